The molecule has 78 valence electrons. The normalized spacial score (nSPS) is 12.1. The molecule has 0 saturated heterocycles. The van der Waals surface area contributed by atoms with Gasteiger partial charge in [0, 0.05) is 15.7 Å². The van der Waals surface area contributed by atoms with Gasteiger partial charge in [-0.25, -0.2) is 8.42 Å². The minimum absolute atomic E-state index is 0.0357. The van der Waals surface area contributed by atoms with Crippen LogP contribution in [0.4, 0.5) is 0 Å². The highest BCUT2D eigenvalue weighted by Crippen LogP contribution is 2.27. The molecule has 0 aromatic heterocycles. The molecule has 2 nitrogen and oxygen atoms in total. The summed E-state index contributed by atoms with van der Waals surface area (Å²) in [4.78, 5) is 0.0357. The van der Waals surface area contributed by atoms with Crippen molar-refractivity contribution in [3.05, 3.63) is 28.8 Å². The highest BCUT2D eigenvalue weighted by Gasteiger charge is 2.13. The molecule has 0 bridgehead atoms. The third-order valence-corrected chi connectivity index (χ3v) is 3.55. The van der Waals surface area contributed by atoms with E-state index in [0.717, 1.165) is 5.56 Å². The van der Waals surface area contributed by atoms with Crippen molar-refractivity contribution in [1.29, 1.82) is 0 Å². The van der Waals surface area contributed by atoms with Gasteiger partial charge < -0.3 is 0 Å². The van der Waals surface area contributed by atoms with Gasteiger partial charge in [-0.1, -0.05) is 31.5 Å². The standard InChI is InChI=1S/C9H10Cl2O2S/c1-6(2)8-4-3-7(5-9(8)10)14(11,12)13/h3-6H,1-2H3. The SMILES string of the molecule is CC(C)c1ccc(S(=O)(=O)Cl)cc1Cl. The van der Waals surface area contributed by atoms with Crippen LogP contribution in [-0.4, -0.2) is 8.42 Å². The van der Waals surface area contributed by atoms with Crippen LogP contribution in [0.5, 0.6) is 0 Å². The summed E-state index contributed by atoms with van der Waals surface area (Å²) < 4.78 is 21.9. The molecule has 0 aliphatic carbocycles. The molecule has 1 aromatic carbocycles. The smallest absolute Gasteiger partial charge is 0.207 e. The first-order valence-electron chi connectivity index (χ1n) is 4.06. The maximum atomic E-state index is 11.0. The van der Waals surface area contributed by atoms with Gasteiger partial charge in [-0.15, -0.1) is 0 Å². The van der Waals surface area contributed by atoms with Crippen molar-refractivity contribution in [2.24, 2.45) is 0 Å². The predicted octanol–water partition coefficient (Wildman–Crippen LogP) is 3.39. The number of hydrogen-bond donors (Lipinski definition) is 0. The minimum Gasteiger partial charge on any atom is -0.207 e. The Labute approximate surface area is 93.3 Å². The van der Waals surface area contributed by atoms with Crippen LogP contribution in [0.1, 0.15) is 25.3 Å². The van der Waals surface area contributed by atoms with Crippen molar-refractivity contribution in [2.75, 3.05) is 0 Å². The molecule has 0 aliphatic heterocycles. The van der Waals surface area contributed by atoms with Gasteiger partial charge in [-0.2, -0.15) is 0 Å². The number of hydrogen-bond acceptors (Lipinski definition) is 2. The zero-order valence-electron chi connectivity index (χ0n) is 7.79. The fourth-order valence-electron chi connectivity index (χ4n) is 1.13. The van der Waals surface area contributed by atoms with E-state index in [0.29, 0.717) is 5.02 Å². The van der Waals surface area contributed by atoms with Crippen LogP contribution < -0.4 is 0 Å². The fraction of sp³-hybridized carbons (Fsp3) is 0.333. The van der Waals surface area contributed by atoms with E-state index in [1.807, 2.05) is 13.8 Å². The van der Waals surface area contributed by atoms with E-state index < -0.39 is 9.05 Å². The summed E-state index contributed by atoms with van der Waals surface area (Å²) in [6, 6.07) is 4.52. The lowest BCUT2D eigenvalue weighted by Gasteiger charge is -2.08. The zero-order chi connectivity index (χ0) is 10.9. The van der Waals surface area contributed by atoms with Gasteiger partial charge in [-0.3, -0.25) is 0 Å². The van der Waals surface area contributed by atoms with Gasteiger partial charge in [-0.05, 0) is 23.6 Å². The molecule has 0 unspecified atom stereocenters. The molecule has 0 saturated carbocycles. The summed E-state index contributed by atoms with van der Waals surface area (Å²) in [5, 5.41) is 0.432. The second-order valence-electron chi connectivity index (χ2n) is 3.28. The minimum atomic E-state index is -3.68. The Kier molecular flexibility index (Phi) is 3.45. The van der Waals surface area contributed by atoms with E-state index in [9.17, 15) is 8.42 Å². The largest absolute Gasteiger partial charge is 0.261 e. The van der Waals surface area contributed by atoms with Gasteiger partial charge in [0.25, 0.3) is 9.05 Å². The van der Waals surface area contributed by atoms with Gasteiger partial charge in [0.1, 0.15) is 0 Å². The van der Waals surface area contributed by atoms with Gasteiger partial charge >= 0.3 is 0 Å². The Morgan fingerprint density at radius 3 is 2.21 bits per heavy atom. The first-order valence-corrected chi connectivity index (χ1v) is 6.75. The summed E-state index contributed by atoms with van der Waals surface area (Å²) >= 11 is 5.91. The third-order valence-electron chi connectivity index (χ3n) is 1.88. The van der Waals surface area contributed by atoms with E-state index in [1.54, 1.807) is 6.07 Å². The molecule has 0 amide bonds. The molecule has 0 atom stereocenters. The average Bonchev–Trinajstić information content (AvgIpc) is 2.01. The van der Waals surface area contributed by atoms with Crippen molar-refractivity contribution in [1.82, 2.24) is 0 Å². The Bertz CT molecular complexity index is 438. The molecule has 0 spiro atoms. The Morgan fingerprint density at radius 1 is 1.29 bits per heavy atom. The lowest BCUT2D eigenvalue weighted by molar-refractivity contribution is 0.609. The highest BCUT2D eigenvalue weighted by molar-refractivity contribution is 8.13. The predicted molar refractivity (Wildman–Crippen MR) is 58.6 cm³/mol. The van der Waals surface area contributed by atoms with Crippen LogP contribution in [0.25, 0.3) is 0 Å². The molecule has 5 heteroatoms. The third kappa shape index (κ3) is 2.62. The summed E-state index contributed by atoms with van der Waals surface area (Å²) in [6.07, 6.45) is 0. The van der Waals surface area contributed by atoms with Gasteiger partial charge in [0.05, 0.1) is 4.90 Å². The lowest BCUT2D eigenvalue weighted by Crippen LogP contribution is -1.94. The van der Waals surface area contributed by atoms with Crippen molar-refractivity contribution in [2.45, 2.75) is 24.7 Å². The second kappa shape index (κ2) is 4.09. The molecular weight excluding hydrogens is 243 g/mol. The second-order valence-corrected chi connectivity index (χ2v) is 6.25. The molecular formula is C9H10Cl2O2S. The van der Waals surface area contributed by atoms with E-state index >= 15 is 0 Å². The van der Waals surface area contributed by atoms with Crippen LogP contribution in [-0.2, 0) is 9.05 Å². The monoisotopic (exact) mass is 252 g/mol. The summed E-state index contributed by atoms with van der Waals surface area (Å²) in [7, 11) is 1.50. The Balaban J connectivity index is 3.27. The summed E-state index contributed by atoms with van der Waals surface area (Å²) in [5.41, 5.74) is 0.913. The van der Waals surface area contributed by atoms with Gasteiger partial charge in [0.15, 0.2) is 0 Å². The first kappa shape index (κ1) is 11.8. The van der Waals surface area contributed by atoms with E-state index in [1.165, 1.54) is 12.1 Å². The molecule has 14 heavy (non-hydrogen) atoms. The van der Waals surface area contributed by atoms with E-state index in [-0.39, 0.29) is 10.8 Å². The number of benzene rings is 1. The van der Waals surface area contributed by atoms with Gasteiger partial charge in [0.2, 0.25) is 0 Å². The molecule has 1 rings (SSSR count). The lowest BCUT2D eigenvalue weighted by atomic mass is 10.0. The molecule has 0 fully saturated rings. The molecule has 0 aliphatic rings. The van der Waals surface area contributed by atoms with Crippen LogP contribution in [0.3, 0.4) is 0 Å². The molecule has 0 heterocycles. The Hall–Kier alpha value is -0.250. The Morgan fingerprint density at radius 2 is 1.86 bits per heavy atom. The average molecular weight is 253 g/mol. The van der Waals surface area contributed by atoms with E-state index in [2.05, 4.69) is 0 Å². The number of halogens is 2. The summed E-state index contributed by atoms with van der Waals surface area (Å²) in [6.45, 7) is 3.96. The van der Waals surface area contributed by atoms with Crippen LogP contribution in [0.15, 0.2) is 23.1 Å². The van der Waals surface area contributed by atoms with Crippen molar-refractivity contribution in [3.8, 4) is 0 Å². The van der Waals surface area contributed by atoms with Crippen LogP contribution in [0, 0.1) is 0 Å². The fourth-order valence-corrected chi connectivity index (χ4v) is 2.37. The van der Waals surface area contributed by atoms with Crippen molar-refractivity contribution < 1.29 is 8.42 Å². The molecule has 1 aromatic rings. The summed E-state index contributed by atoms with van der Waals surface area (Å²) in [5.74, 6) is 0.259. The molecule has 0 radical (unpaired) electrons. The van der Waals surface area contributed by atoms with Crippen molar-refractivity contribution >= 4 is 31.3 Å². The maximum absolute atomic E-state index is 11.0. The van der Waals surface area contributed by atoms with E-state index in [4.69, 9.17) is 22.3 Å². The number of rotatable bonds is 2. The highest BCUT2D eigenvalue weighted by atomic mass is 35.7. The topological polar surface area (TPSA) is 34.1 Å². The molecule has 0 N–H and O–H groups in total. The zero-order valence-corrected chi connectivity index (χ0v) is 10.1. The van der Waals surface area contributed by atoms with Crippen molar-refractivity contribution in [3.63, 3.8) is 0 Å². The van der Waals surface area contributed by atoms with Crippen LogP contribution in [0.2, 0.25) is 5.02 Å². The van der Waals surface area contributed by atoms with Crippen LogP contribution >= 0.6 is 22.3 Å². The maximum Gasteiger partial charge on any atom is 0.261 e. The first-order chi connectivity index (χ1) is 6.32. The quantitative estimate of drug-likeness (QED) is 0.757.